The fraction of sp³-hybridized carbons (Fsp3) is 0.300. The molecule has 2 N–H and O–H groups in total. The van der Waals surface area contributed by atoms with Crippen LogP contribution in [0.3, 0.4) is 0 Å². The molecule has 2 aromatic rings. The molecule has 0 saturated heterocycles. The number of aliphatic carboxylic acids is 1. The van der Waals surface area contributed by atoms with Gasteiger partial charge < -0.3 is 15.2 Å². The van der Waals surface area contributed by atoms with Gasteiger partial charge in [0.25, 0.3) is 0 Å². The van der Waals surface area contributed by atoms with Crippen molar-refractivity contribution in [1.29, 1.82) is 0 Å². The zero-order valence-electron chi connectivity index (χ0n) is 14.3. The first-order chi connectivity index (χ1) is 12.6. The van der Waals surface area contributed by atoms with Gasteiger partial charge in [-0.25, -0.2) is 4.79 Å². The Labute approximate surface area is 156 Å². The first kappa shape index (κ1) is 18.3. The summed E-state index contributed by atoms with van der Waals surface area (Å²) in [6.07, 6.45) is 1.73. The predicted octanol–water partition coefficient (Wildman–Crippen LogP) is 2.84. The summed E-state index contributed by atoms with van der Waals surface area (Å²) < 4.78 is 5.11. The number of benzene rings is 2. The van der Waals surface area contributed by atoms with Crippen LogP contribution in [0.1, 0.15) is 21.9 Å². The molecule has 0 aromatic heterocycles. The molecule has 1 heterocycles. The van der Waals surface area contributed by atoms with E-state index in [9.17, 15) is 9.59 Å². The van der Waals surface area contributed by atoms with Crippen LogP contribution in [0.25, 0.3) is 0 Å². The number of rotatable bonds is 7. The first-order valence-electron chi connectivity index (χ1n) is 8.54. The molecule has 0 bridgehead atoms. The molecular weight excluding hydrogens is 350 g/mol. The molecule has 6 heteroatoms. The predicted molar refractivity (Wildman–Crippen MR) is 102 cm³/mol. The van der Waals surface area contributed by atoms with Gasteiger partial charge >= 0.3 is 5.97 Å². The summed E-state index contributed by atoms with van der Waals surface area (Å²) in [6, 6.07) is 15.4. The third-order valence-corrected chi connectivity index (χ3v) is 5.47. The minimum absolute atomic E-state index is 0.0589. The molecule has 0 saturated carbocycles. The summed E-state index contributed by atoms with van der Waals surface area (Å²) in [5, 5.41) is 11.5. The topological polar surface area (TPSA) is 75.6 Å². The number of ether oxygens (including phenoxy) is 1. The van der Waals surface area contributed by atoms with E-state index >= 15 is 0 Å². The van der Waals surface area contributed by atoms with Crippen molar-refractivity contribution in [3.63, 3.8) is 0 Å². The second-order valence-corrected chi connectivity index (χ2v) is 7.28. The van der Waals surface area contributed by atoms with Gasteiger partial charge in [-0.3, -0.25) is 4.79 Å². The van der Waals surface area contributed by atoms with Crippen LogP contribution in [0.15, 0.2) is 48.5 Å². The highest BCUT2D eigenvalue weighted by Gasteiger charge is 2.26. The molecule has 1 atom stereocenters. The Kier molecular flexibility index (Phi) is 6.17. The van der Waals surface area contributed by atoms with E-state index in [4.69, 9.17) is 9.84 Å². The largest absolute Gasteiger partial charge is 0.482 e. The van der Waals surface area contributed by atoms with Crippen LogP contribution >= 0.6 is 11.8 Å². The highest BCUT2D eigenvalue weighted by atomic mass is 32.2. The summed E-state index contributed by atoms with van der Waals surface area (Å²) in [4.78, 5) is 23.0. The Morgan fingerprint density at radius 2 is 1.92 bits per heavy atom. The van der Waals surface area contributed by atoms with Crippen molar-refractivity contribution >= 4 is 23.6 Å². The number of carboxylic acids is 1. The van der Waals surface area contributed by atoms with E-state index in [0.717, 1.165) is 23.3 Å². The average Bonchev–Trinajstić information content (AvgIpc) is 2.66. The normalized spacial score (nSPS) is 15.8. The Morgan fingerprint density at radius 3 is 2.69 bits per heavy atom. The molecule has 26 heavy (non-hydrogen) atoms. The first-order valence-corrected chi connectivity index (χ1v) is 9.59. The van der Waals surface area contributed by atoms with E-state index in [-0.39, 0.29) is 17.8 Å². The van der Waals surface area contributed by atoms with Crippen molar-refractivity contribution in [3.05, 3.63) is 65.2 Å². The highest BCUT2D eigenvalue weighted by Crippen LogP contribution is 2.36. The number of amides is 1. The fourth-order valence-corrected chi connectivity index (χ4v) is 4.15. The highest BCUT2D eigenvalue weighted by molar-refractivity contribution is 8.00. The van der Waals surface area contributed by atoms with Gasteiger partial charge in [0.2, 0.25) is 5.91 Å². The van der Waals surface area contributed by atoms with E-state index in [1.807, 2.05) is 30.3 Å². The third kappa shape index (κ3) is 4.79. The van der Waals surface area contributed by atoms with Crippen LogP contribution in [0, 0.1) is 0 Å². The van der Waals surface area contributed by atoms with Gasteiger partial charge in [-0.15, -0.1) is 11.8 Å². The SMILES string of the molecule is O=C(O)COc1ccc(CCNC(=O)C2SCCc3ccccc32)cc1. The summed E-state index contributed by atoms with van der Waals surface area (Å²) >= 11 is 1.69. The van der Waals surface area contributed by atoms with Gasteiger partial charge in [0.15, 0.2) is 6.61 Å². The van der Waals surface area contributed by atoms with E-state index in [1.54, 1.807) is 23.9 Å². The standard InChI is InChI=1S/C20H21NO4S/c22-18(23)13-25-16-7-5-14(6-8-16)9-11-21-20(24)19-17-4-2-1-3-15(17)10-12-26-19/h1-8,19H,9-13H2,(H,21,24)(H,22,23). The third-order valence-electron chi connectivity index (χ3n) is 4.23. The molecule has 136 valence electrons. The summed E-state index contributed by atoms with van der Waals surface area (Å²) in [5.74, 6) is 0.547. The molecule has 0 aliphatic carbocycles. The maximum atomic E-state index is 12.5. The number of carboxylic acid groups (broad SMARTS) is 1. The lowest BCUT2D eigenvalue weighted by molar-refractivity contribution is -0.139. The zero-order valence-corrected chi connectivity index (χ0v) is 15.1. The Hall–Kier alpha value is -2.47. The number of aryl methyl sites for hydroxylation is 1. The van der Waals surface area contributed by atoms with E-state index in [1.165, 1.54) is 5.56 Å². The lowest BCUT2D eigenvalue weighted by Crippen LogP contribution is -2.31. The van der Waals surface area contributed by atoms with E-state index < -0.39 is 5.97 Å². The summed E-state index contributed by atoms with van der Waals surface area (Å²) in [6.45, 7) is 0.212. The molecule has 1 unspecified atom stereocenters. The minimum atomic E-state index is -1.00. The number of fused-ring (bicyclic) bond motifs is 1. The van der Waals surface area contributed by atoms with Crippen LogP contribution in [-0.2, 0) is 22.4 Å². The van der Waals surface area contributed by atoms with Crippen LogP contribution < -0.4 is 10.1 Å². The zero-order chi connectivity index (χ0) is 18.4. The number of nitrogens with one attached hydrogen (secondary N) is 1. The Bertz CT molecular complexity index is 776. The van der Waals surface area contributed by atoms with Gasteiger partial charge in [0.1, 0.15) is 11.0 Å². The van der Waals surface area contributed by atoms with Crippen LogP contribution in [0.2, 0.25) is 0 Å². The molecule has 0 fully saturated rings. The fourth-order valence-electron chi connectivity index (χ4n) is 2.93. The second-order valence-electron chi connectivity index (χ2n) is 6.07. The molecule has 1 aliphatic heterocycles. The van der Waals surface area contributed by atoms with Gasteiger partial charge in [0.05, 0.1) is 0 Å². The molecule has 5 nitrogen and oxygen atoms in total. The Morgan fingerprint density at radius 1 is 1.15 bits per heavy atom. The van der Waals surface area contributed by atoms with Gasteiger partial charge in [-0.1, -0.05) is 36.4 Å². The van der Waals surface area contributed by atoms with E-state index in [0.29, 0.717) is 18.7 Å². The number of carbonyl (C=O) groups excluding carboxylic acids is 1. The van der Waals surface area contributed by atoms with Crippen LogP contribution in [-0.4, -0.2) is 35.9 Å². The molecule has 3 rings (SSSR count). The minimum Gasteiger partial charge on any atom is -0.482 e. The molecule has 1 aliphatic rings. The Balaban J connectivity index is 1.49. The van der Waals surface area contributed by atoms with Crippen molar-refractivity contribution in [1.82, 2.24) is 5.32 Å². The summed E-state index contributed by atoms with van der Waals surface area (Å²) in [5.41, 5.74) is 3.45. The molecule has 2 aromatic carbocycles. The van der Waals surface area contributed by atoms with Crippen LogP contribution in [0.4, 0.5) is 0 Å². The van der Waals surface area contributed by atoms with Crippen molar-refractivity contribution in [2.24, 2.45) is 0 Å². The molecule has 0 radical (unpaired) electrons. The monoisotopic (exact) mass is 371 g/mol. The lowest BCUT2D eigenvalue weighted by Gasteiger charge is -2.24. The van der Waals surface area contributed by atoms with Gasteiger partial charge in [-0.05, 0) is 47.4 Å². The van der Waals surface area contributed by atoms with Gasteiger partial charge in [-0.2, -0.15) is 0 Å². The van der Waals surface area contributed by atoms with Crippen molar-refractivity contribution < 1.29 is 19.4 Å². The maximum Gasteiger partial charge on any atom is 0.341 e. The summed E-state index contributed by atoms with van der Waals surface area (Å²) in [7, 11) is 0. The number of thioether (sulfide) groups is 1. The van der Waals surface area contributed by atoms with Crippen molar-refractivity contribution in [3.8, 4) is 5.75 Å². The average molecular weight is 371 g/mol. The smallest absolute Gasteiger partial charge is 0.341 e. The number of hydrogen-bond acceptors (Lipinski definition) is 4. The lowest BCUT2D eigenvalue weighted by atomic mass is 10.0. The van der Waals surface area contributed by atoms with Crippen LogP contribution in [0.5, 0.6) is 5.75 Å². The molecule has 1 amide bonds. The second kappa shape index (κ2) is 8.76. The number of carbonyl (C=O) groups is 2. The molecular formula is C20H21NO4S. The quantitative estimate of drug-likeness (QED) is 0.783. The van der Waals surface area contributed by atoms with Crippen molar-refractivity contribution in [2.45, 2.75) is 18.1 Å². The van der Waals surface area contributed by atoms with Crippen molar-refractivity contribution in [2.75, 3.05) is 18.9 Å². The number of hydrogen-bond donors (Lipinski definition) is 2. The van der Waals surface area contributed by atoms with Gasteiger partial charge in [0, 0.05) is 6.54 Å². The molecule has 0 spiro atoms. The maximum absolute atomic E-state index is 12.5. The van der Waals surface area contributed by atoms with E-state index in [2.05, 4.69) is 11.4 Å².